The number of halogens is 1. The average molecular weight is 251 g/mol. The summed E-state index contributed by atoms with van der Waals surface area (Å²) in [4.78, 5) is 4.72. The van der Waals surface area contributed by atoms with Crippen LogP contribution in [0.2, 0.25) is 0 Å². The van der Waals surface area contributed by atoms with E-state index in [1.54, 1.807) is 0 Å². The van der Waals surface area contributed by atoms with E-state index >= 15 is 0 Å². The molecule has 1 saturated heterocycles. The second-order valence-electron chi connectivity index (χ2n) is 5.15. The van der Waals surface area contributed by atoms with E-state index in [1.165, 1.54) is 12.1 Å². The lowest BCUT2D eigenvalue weighted by atomic mass is 10.0. The van der Waals surface area contributed by atoms with Crippen molar-refractivity contribution in [3.05, 3.63) is 30.1 Å². The summed E-state index contributed by atoms with van der Waals surface area (Å²) < 4.78 is 13.0. The summed E-state index contributed by atoms with van der Waals surface area (Å²) in [6.45, 7) is 4.89. The predicted molar refractivity (Wildman–Crippen MR) is 73.3 cm³/mol. The van der Waals surface area contributed by atoms with Crippen molar-refractivity contribution in [2.75, 3.05) is 31.6 Å². The minimum atomic E-state index is -0.181. The van der Waals surface area contributed by atoms with Crippen molar-refractivity contribution < 1.29 is 4.39 Å². The first kappa shape index (κ1) is 13.3. The lowest BCUT2D eigenvalue weighted by molar-refractivity contribution is 0.185. The molecule has 1 heterocycles. The second kappa shape index (κ2) is 5.67. The molecule has 0 radical (unpaired) electrons. The summed E-state index contributed by atoms with van der Waals surface area (Å²) in [6.07, 6.45) is 1.00. The number of anilines is 1. The van der Waals surface area contributed by atoms with Crippen LogP contribution in [0.4, 0.5) is 10.1 Å². The molecule has 0 aromatic heterocycles. The summed E-state index contributed by atoms with van der Waals surface area (Å²) in [5.41, 5.74) is 6.76. The van der Waals surface area contributed by atoms with Crippen molar-refractivity contribution in [1.82, 2.24) is 4.90 Å². The number of nitrogens with two attached hydrogens (primary N) is 1. The van der Waals surface area contributed by atoms with Gasteiger partial charge in [-0.2, -0.15) is 0 Å². The number of rotatable bonds is 3. The van der Waals surface area contributed by atoms with E-state index in [0.29, 0.717) is 18.6 Å². The molecule has 0 saturated carbocycles. The molecule has 0 aliphatic carbocycles. The Morgan fingerprint density at radius 3 is 2.56 bits per heavy atom. The molecule has 3 nitrogen and oxygen atoms in total. The van der Waals surface area contributed by atoms with Crippen LogP contribution in [0, 0.1) is 5.82 Å². The number of benzene rings is 1. The van der Waals surface area contributed by atoms with Crippen LogP contribution in [-0.4, -0.2) is 43.7 Å². The van der Waals surface area contributed by atoms with E-state index in [-0.39, 0.29) is 5.82 Å². The maximum absolute atomic E-state index is 13.0. The lowest BCUT2D eigenvalue weighted by Crippen LogP contribution is -2.56. The SMILES string of the molecule is CC1CN(C)C(CCN)CN1c1ccc(F)cc1. The van der Waals surface area contributed by atoms with E-state index in [0.717, 1.165) is 25.2 Å². The van der Waals surface area contributed by atoms with Crippen LogP contribution in [0.25, 0.3) is 0 Å². The molecule has 100 valence electrons. The van der Waals surface area contributed by atoms with Crippen LogP contribution in [-0.2, 0) is 0 Å². The Bertz CT molecular complexity index is 379. The molecule has 2 rings (SSSR count). The Morgan fingerprint density at radius 1 is 1.28 bits per heavy atom. The molecule has 0 amide bonds. The third-order valence-electron chi connectivity index (χ3n) is 3.77. The Hall–Kier alpha value is -1.13. The average Bonchev–Trinajstić information content (AvgIpc) is 2.34. The second-order valence-corrected chi connectivity index (χ2v) is 5.15. The number of nitrogens with zero attached hydrogens (tertiary/aromatic N) is 2. The van der Waals surface area contributed by atoms with E-state index in [4.69, 9.17) is 5.73 Å². The van der Waals surface area contributed by atoms with Gasteiger partial charge in [0.2, 0.25) is 0 Å². The van der Waals surface area contributed by atoms with Gasteiger partial charge in [0, 0.05) is 30.9 Å². The van der Waals surface area contributed by atoms with Gasteiger partial charge in [-0.1, -0.05) is 0 Å². The third kappa shape index (κ3) is 2.82. The number of piperazine rings is 1. The van der Waals surface area contributed by atoms with Crippen LogP contribution in [0.3, 0.4) is 0 Å². The summed E-state index contributed by atoms with van der Waals surface area (Å²) in [5, 5.41) is 0. The third-order valence-corrected chi connectivity index (χ3v) is 3.77. The smallest absolute Gasteiger partial charge is 0.123 e. The summed E-state index contributed by atoms with van der Waals surface area (Å²) in [6, 6.07) is 7.69. The van der Waals surface area contributed by atoms with Gasteiger partial charge in [-0.25, -0.2) is 4.39 Å². The number of likely N-dealkylation sites (N-methyl/N-ethyl adjacent to an activating group) is 1. The monoisotopic (exact) mass is 251 g/mol. The Balaban J connectivity index is 2.13. The zero-order chi connectivity index (χ0) is 13.1. The first-order valence-electron chi connectivity index (χ1n) is 6.54. The molecule has 1 aliphatic heterocycles. The Kier molecular flexibility index (Phi) is 4.19. The fourth-order valence-electron chi connectivity index (χ4n) is 2.71. The van der Waals surface area contributed by atoms with Crippen LogP contribution < -0.4 is 10.6 Å². The van der Waals surface area contributed by atoms with Gasteiger partial charge in [-0.3, -0.25) is 4.90 Å². The number of hydrogen-bond acceptors (Lipinski definition) is 3. The summed E-state index contributed by atoms with van der Waals surface area (Å²) in [7, 11) is 2.15. The van der Waals surface area contributed by atoms with Gasteiger partial charge in [0.25, 0.3) is 0 Å². The van der Waals surface area contributed by atoms with Crippen LogP contribution in [0.15, 0.2) is 24.3 Å². The van der Waals surface area contributed by atoms with E-state index in [2.05, 4.69) is 23.8 Å². The zero-order valence-electron chi connectivity index (χ0n) is 11.1. The highest BCUT2D eigenvalue weighted by Crippen LogP contribution is 2.23. The molecule has 2 atom stereocenters. The molecule has 0 bridgehead atoms. The fourth-order valence-corrected chi connectivity index (χ4v) is 2.71. The zero-order valence-corrected chi connectivity index (χ0v) is 11.1. The van der Waals surface area contributed by atoms with Gasteiger partial charge >= 0.3 is 0 Å². The maximum atomic E-state index is 13.0. The molecular weight excluding hydrogens is 229 g/mol. The highest BCUT2D eigenvalue weighted by molar-refractivity contribution is 5.48. The maximum Gasteiger partial charge on any atom is 0.123 e. The normalized spacial score (nSPS) is 25.4. The molecule has 2 unspecified atom stereocenters. The van der Waals surface area contributed by atoms with Crippen molar-refractivity contribution in [3.63, 3.8) is 0 Å². The van der Waals surface area contributed by atoms with Crippen molar-refractivity contribution in [1.29, 1.82) is 0 Å². The van der Waals surface area contributed by atoms with Crippen LogP contribution in [0.1, 0.15) is 13.3 Å². The van der Waals surface area contributed by atoms with Gasteiger partial charge in [0.1, 0.15) is 5.82 Å². The first-order valence-corrected chi connectivity index (χ1v) is 6.54. The van der Waals surface area contributed by atoms with Crippen molar-refractivity contribution in [3.8, 4) is 0 Å². The molecule has 2 N–H and O–H groups in total. The minimum absolute atomic E-state index is 0.181. The van der Waals surface area contributed by atoms with Crippen LogP contribution >= 0.6 is 0 Å². The van der Waals surface area contributed by atoms with Crippen molar-refractivity contribution in [2.45, 2.75) is 25.4 Å². The quantitative estimate of drug-likeness (QED) is 0.887. The largest absolute Gasteiger partial charge is 0.366 e. The van der Waals surface area contributed by atoms with Gasteiger partial charge in [-0.15, -0.1) is 0 Å². The number of hydrogen-bond donors (Lipinski definition) is 1. The highest BCUT2D eigenvalue weighted by atomic mass is 19.1. The molecule has 1 aromatic carbocycles. The molecule has 18 heavy (non-hydrogen) atoms. The highest BCUT2D eigenvalue weighted by Gasteiger charge is 2.28. The molecular formula is C14H22FN3. The molecule has 1 fully saturated rings. The van der Waals surface area contributed by atoms with E-state index < -0.39 is 0 Å². The molecule has 0 spiro atoms. The van der Waals surface area contributed by atoms with Crippen molar-refractivity contribution in [2.24, 2.45) is 5.73 Å². The molecule has 4 heteroatoms. The van der Waals surface area contributed by atoms with E-state index in [9.17, 15) is 4.39 Å². The summed E-state index contributed by atoms with van der Waals surface area (Å²) in [5.74, 6) is -0.181. The van der Waals surface area contributed by atoms with E-state index in [1.807, 2.05) is 12.1 Å². The standard InChI is InChI=1S/C14H22FN3/c1-11-9-17(2)14(7-8-16)10-18(11)13-5-3-12(15)4-6-13/h3-6,11,14H,7-10,16H2,1-2H3. The van der Waals surface area contributed by atoms with Crippen molar-refractivity contribution >= 4 is 5.69 Å². The van der Waals surface area contributed by atoms with Gasteiger partial charge < -0.3 is 10.6 Å². The fraction of sp³-hybridized carbons (Fsp3) is 0.571. The topological polar surface area (TPSA) is 32.5 Å². The molecule has 1 aliphatic rings. The first-order chi connectivity index (χ1) is 8.61. The Morgan fingerprint density at radius 2 is 1.94 bits per heavy atom. The van der Waals surface area contributed by atoms with Crippen LogP contribution in [0.5, 0.6) is 0 Å². The molecule has 1 aromatic rings. The predicted octanol–water partition coefficient (Wildman–Crippen LogP) is 1.68. The lowest BCUT2D eigenvalue weighted by Gasteiger charge is -2.45. The summed E-state index contributed by atoms with van der Waals surface area (Å²) >= 11 is 0. The van der Waals surface area contributed by atoms with Gasteiger partial charge in [-0.05, 0) is 51.2 Å². The van der Waals surface area contributed by atoms with Gasteiger partial charge in [0.05, 0.1) is 0 Å². The minimum Gasteiger partial charge on any atom is -0.366 e. The Labute approximate surface area is 108 Å². The van der Waals surface area contributed by atoms with Gasteiger partial charge in [0.15, 0.2) is 0 Å².